The van der Waals surface area contributed by atoms with Gasteiger partial charge in [0.05, 0.1) is 0 Å². The zero-order valence-corrected chi connectivity index (χ0v) is 14.9. The quantitative estimate of drug-likeness (QED) is 0.535. The van der Waals surface area contributed by atoms with E-state index in [1.807, 2.05) is 19.1 Å². The molecule has 6 nitrogen and oxygen atoms in total. The van der Waals surface area contributed by atoms with Crippen molar-refractivity contribution in [2.24, 2.45) is 0 Å². The molecule has 0 heterocycles. The lowest BCUT2D eigenvalue weighted by molar-refractivity contribution is -0.131. The summed E-state index contributed by atoms with van der Waals surface area (Å²) in [5.74, 6) is -0.813. The number of carboxylic acid groups (broad SMARTS) is 1. The number of anilines is 1. The van der Waals surface area contributed by atoms with Crippen LogP contribution >= 0.6 is 12.2 Å². The Labute approximate surface area is 156 Å². The number of nitrogens with one attached hydrogen (secondary N) is 2. The number of amides is 1. The first kappa shape index (κ1) is 19.1. The lowest BCUT2D eigenvalue weighted by Crippen LogP contribution is -2.37. The van der Waals surface area contributed by atoms with Gasteiger partial charge in [-0.05, 0) is 55.0 Å². The van der Waals surface area contributed by atoms with Gasteiger partial charge in [0.2, 0.25) is 0 Å². The van der Waals surface area contributed by atoms with E-state index in [4.69, 9.17) is 22.1 Å². The van der Waals surface area contributed by atoms with Crippen LogP contribution in [0.3, 0.4) is 0 Å². The molecular weight excluding hydrogens is 352 g/mol. The fraction of sp³-hybridized carbons (Fsp3) is 0.105. The maximum Gasteiger partial charge on any atom is 0.328 e. The molecule has 2 aromatic carbocycles. The van der Waals surface area contributed by atoms with Gasteiger partial charge in [0.25, 0.3) is 5.91 Å². The summed E-state index contributed by atoms with van der Waals surface area (Å²) in [4.78, 5) is 22.4. The second kappa shape index (κ2) is 9.33. The minimum Gasteiger partial charge on any atom is -0.484 e. The first-order valence-electron chi connectivity index (χ1n) is 7.74. The van der Waals surface area contributed by atoms with Gasteiger partial charge >= 0.3 is 5.97 Å². The highest BCUT2D eigenvalue weighted by Crippen LogP contribution is 2.12. The average Bonchev–Trinajstić information content (AvgIpc) is 2.59. The molecular formula is C19H18N2O4S. The predicted octanol–water partition coefficient (Wildman–Crippen LogP) is 2.98. The van der Waals surface area contributed by atoms with Gasteiger partial charge in [0.15, 0.2) is 11.7 Å². The van der Waals surface area contributed by atoms with Crippen LogP contribution < -0.4 is 15.4 Å². The topological polar surface area (TPSA) is 87.7 Å². The normalized spacial score (nSPS) is 10.3. The smallest absolute Gasteiger partial charge is 0.328 e. The molecule has 3 N–H and O–H groups in total. The van der Waals surface area contributed by atoms with Crippen molar-refractivity contribution in [1.82, 2.24) is 5.32 Å². The highest BCUT2D eigenvalue weighted by molar-refractivity contribution is 7.80. The maximum atomic E-state index is 11.9. The Hall–Kier alpha value is -3.19. The van der Waals surface area contributed by atoms with Crippen molar-refractivity contribution in [2.45, 2.75) is 6.92 Å². The van der Waals surface area contributed by atoms with Crippen LogP contribution in [0.4, 0.5) is 5.69 Å². The molecule has 26 heavy (non-hydrogen) atoms. The number of carbonyl (C=O) groups excluding carboxylic acids is 1. The Bertz CT molecular complexity index is 832. The Balaban J connectivity index is 1.84. The first-order valence-corrected chi connectivity index (χ1v) is 8.14. The molecule has 2 rings (SSSR count). The Morgan fingerprint density at radius 1 is 1.19 bits per heavy atom. The summed E-state index contributed by atoms with van der Waals surface area (Å²) >= 11 is 5.10. The van der Waals surface area contributed by atoms with Gasteiger partial charge in [-0.1, -0.05) is 29.8 Å². The summed E-state index contributed by atoms with van der Waals surface area (Å²) < 4.78 is 5.38. The standard InChI is InChI=1S/C19H18N2O4S/c1-13-5-8-16(9-6-13)25-12-17(22)21-19(26)20-15-4-2-3-14(11-15)7-10-18(23)24/h2-11H,12H2,1H3,(H,23,24)(H2,20,21,22,26). The molecule has 0 fully saturated rings. The average molecular weight is 370 g/mol. The molecule has 134 valence electrons. The Morgan fingerprint density at radius 3 is 2.62 bits per heavy atom. The second-order valence-electron chi connectivity index (χ2n) is 5.40. The zero-order valence-electron chi connectivity index (χ0n) is 14.1. The van der Waals surface area contributed by atoms with Gasteiger partial charge in [-0.15, -0.1) is 0 Å². The highest BCUT2D eigenvalue weighted by atomic mass is 32.1. The van der Waals surface area contributed by atoms with Crippen LogP contribution in [0, 0.1) is 6.92 Å². The lowest BCUT2D eigenvalue weighted by atomic mass is 10.2. The van der Waals surface area contributed by atoms with Crippen LogP contribution in [0.2, 0.25) is 0 Å². The zero-order chi connectivity index (χ0) is 18.9. The van der Waals surface area contributed by atoms with Crippen LogP contribution in [0.25, 0.3) is 6.08 Å². The number of hydrogen-bond acceptors (Lipinski definition) is 4. The van der Waals surface area contributed by atoms with Crippen LogP contribution in [0.5, 0.6) is 5.75 Å². The summed E-state index contributed by atoms with van der Waals surface area (Å²) in [5.41, 5.74) is 2.42. The van der Waals surface area contributed by atoms with Gasteiger partial charge < -0.3 is 15.2 Å². The third-order valence-corrected chi connectivity index (χ3v) is 3.41. The van der Waals surface area contributed by atoms with Gasteiger partial charge in [-0.25, -0.2) is 4.79 Å². The molecule has 0 atom stereocenters. The number of benzene rings is 2. The van der Waals surface area contributed by atoms with E-state index in [0.717, 1.165) is 11.6 Å². The monoisotopic (exact) mass is 370 g/mol. The van der Waals surface area contributed by atoms with E-state index in [-0.39, 0.29) is 17.6 Å². The fourth-order valence-electron chi connectivity index (χ4n) is 2.00. The van der Waals surface area contributed by atoms with Gasteiger partial charge in [0.1, 0.15) is 5.75 Å². The molecule has 1 amide bonds. The number of carbonyl (C=O) groups is 2. The summed E-state index contributed by atoms with van der Waals surface area (Å²) in [6, 6.07) is 14.3. The van der Waals surface area contributed by atoms with E-state index in [1.54, 1.807) is 36.4 Å². The summed E-state index contributed by atoms with van der Waals surface area (Å²) in [7, 11) is 0. The van der Waals surface area contributed by atoms with Crippen LogP contribution in [-0.2, 0) is 9.59 Å². The second-order valence-corrected chi connectivity index (χ2v) is 5.81. The van der Waals surface area contributed by atoms with Crippen LogP contribution in [-0.4, -0.2) is 28.7 Å². The molecule has 0 aliphatic rings. The molecule has 0 unspecified atom stereocenters. The number of hydrogen-bond donors (Lipinski definition) is 3. The number of carboxylic acids is 1. The molecule has 0 aromatic heterocycles. The van der Waals surface area contributed by atoms with Crippen molar-refractivity contribution in [3.63, 3.8) is 0 Å². The number of thiocarbonyl (C=S) groups is 1. The number of aliphatic carboxylic acids is 1. The van der Waals surface area contributed by atoms with E-state index >= 15 is 0 Å². The molecule has 0 spiro atoms. The van der Waals surface area contributed by atoms with Crippen molar-refractivity contribution >= 4 is 41.0 Å². The summed E-state index contributed by atoms with van der Waals surface area (Å²) in [6.07, 6.45) is 2.51. The molecule has 2 aromatic rings. The Kier molecular flexibility index (Phi) is 6.87. The third-order valence-electron chi connectivity index (χ3n) is 3.21. The molecule has 0 saturated carbocycles. The third kappa shape index (κ3) is 6.74. The lowest BCUT2D eigenvalue weighted by Gasteiger charge is -2.11. The van der Waals surface area contributed by atoms with Gasteiger partial charge in [0, 0.05) is 11.8 Å². The van der Waals surface area contributed by atoms with E-state index in [2.05, 4.69) is 10.6 Å². The molecule has 0 aliphatic heterocycles. The number of rotatable bonds is 6. The largest absolute Gasteiger partial charge is 0.484 e. The van der Waals surface area contributed by atoms with Crippen molar-refractivity contribution in [3.8, 4) is 5.75 Å². The van der Waals surface area contributed by atoms with Crippen molar-refractivity contribution in [2.75, 3.05) is 11.9 Å². The summed E-state index contributed by atoms with van der Waals surface area (Å²) in [6.45, 7) is 1.80. The molecule has 0 radical (unpaired) electrons. The van der Waals surface area contributed by atoms with E-state index in [0.29, 0.717) is 17.0 Å². The maximum absolute atomic E-state index is 11.9. The van der Waals surface area contributed by atoms with Crippen molar-refractivity contribution in [1.29, 1.82) is 0 Å². The molecule has 0 bridgehead atoms. The number of ether oxygens (including phenoxy) is 1. The Morgan fingerprint density at radius 2 is 1.92 bits per heavy atom. The predicted molar refractivity (Wildman–Crippen MR) is 104 cm³/mol. The molecule has 0 saturated heterocycles. The van der Waals surface area contributed by atoms with Crippen molar-refractivity contribution < 1.29 is 19.4 Å². The number of aryl methyl sites for hydroxylation is 1. The fourth-order valence-corrected chi connectivity index (χ4v) is 2.23. The minimum absolute atomic E-state index is 0.127. The minimum atomic E-state index is -1.03. The van der Waals surface area contributed by atoms with E-state index < -0.39 is 5.97 Å². The first-order chi connectivity index (χ1) is 12.4. The summed E-state index contributed by atoms with van der Waals surface area (Å²) in [5, 5.41) is 14.2. The van der Waals surface area contributed by atoms with Crippen LogP contribution in [0.1, 0.15) is 11.1 Å². The highest BCUT2D eigenvalue weighted by Gasteiger charge is 2.06. The van der Waals surface area contributed by atoms with Gasteiger partial charge in [-0.2, -0.15) is 0 Å². The van der Waals surface area contributed by atoms with E-state index in [1.165, 1.54) is 6.08 Å². The van der Waals surface area contributed by atoms with E-state index in [9.17, 15) is 9.59 Å². The SMILES string of the molecule is Cc1ccc(OCC(=O)NC(=S)Nc2cccc(C=CC(=O)O)c2)cc1. The van der Waals surface area contributed by atoms with Crippen LogP contribution in [0.15, 0.2) is 54.6 Å². The van der Waals surface area contributed by atoms with Gasteiger partial charge in [-0.3, -0.25) is 10.1 Å². The molecule has 7 heteroatoms. The molecule has 0 aliphatic carbocycles. The van der Waals surface area contributed by atoms with Crippen molar-refractivity contribution in [3.05, 3.63) is 65.7 Å².